The lowest BCUT2D eigenvalue weighted by atomic mass is 10.1. The number of hydrogen-bond acceptors (Lipinski definition) is 5. The van der Waals surface area contributed by atoms with Crippen LogP contribution in [0.1, 0.15) is 11.1 Å². The van der Waals surface area contributed by atoms with Gasteiger partial charge in [0.15, 0.2) is 0 Å². The molecule has 2 aromatic carbocycles. The van der Waals surface area contributed by atoms with Crippen LogP contribution < -0.4 is 5.63 Å². The summed E-state index contributed by atoms with van der Waals surface area (Å²) in [4.78, 5) is 38.5. The normalized spacial score (nSPS) is 15.9. The number of amides is 2. The summed E-state index contributed by atoms with van der Waals surface area (Å²) in [5.41, 5.74) is 1.04. The fraction of sp³-hybridized carbons (Fsp3) is 0.0500. The van der Waals surface area contributed by atoms with Crippen molar-refractivity contribution in [2.24, 2.45) is 0 Å². The number of halogens is 1. The van der Waals surface area contributed by atoms with E-state index in [1.54, 1.807) is 18.2 Å². The molecule has 5 nitrogen and oxygen atoms in total. The van der Waals surface area contributed by atoms with Crippen molar-refractivity contribution in [2.75, 3.05) is 0 Å². The predicted octanol–water partition coefficient (Wildman–Crippen LogP) is 4.63. The Bertz CT molecular complexity index is 1150. The van der Waals surface area contributed by atoms with Crippen LogP contribution in [0.5, 0.6) is 0 Å². The maximum Gasteiger partial charge on any atom is 0.343 e. The van der Waals surface area contributed by atoms with Gasteiger partial charge in [0.1, 0.15) is 5.58 Å². The van der Waals surface area contributed by atoms with Crippen LogP contribution in [0, 0.1) is 3.57 Å². The number of fused-ring (bicyclic) bond motifs is 1. The summed E-state index contributed by atoms with van der Waals surface area (Å²) in [6, 6.07) is 16.4. The molecule has 1 aromatic heterocycles. The van der Waals surface area contributed by atoms with Gasteiger partial charge in [-0.2, -0.15) is 0 Å². The third-order valence-electron chi connectivity index (χ3n) is 4.08. The van der Waals surface area contributed by atoms with Crippen LogP contribution >= 0.6 is 34.4 Å². The zero-order chi connectivity index (χ0) is 19.0. The van der Waals surface area contributed by atoms with Crippen molar-refractivity contribution in [3.8, 4) is 0 Å². The Hall–Kier alpha value is -2.39. The molecule has 4 rings (SSSR count). The van der Waals surface area contributed by atoms with Crippen molar-refractivity contribution in [3.63, 3.8) is 0 Å². The number of rotatable bonds is 3. The first kappa shape index (κ1) is 18.0. The number of thioether (sulfide) groups is 1. The molecule has 0 bridgehead atoms. The number of para-hydroxylation sites is 1. The summed E-state index contributed by atoms with van der Waals surface area (Å²) < 4.78 is 6.36. The maximum atomic E-state index is 12.6. The van der Waals surface area contributed by atoms with Crippen LogP contribution in [-0.4, -0.2) is 16.0 Å². The van der Waals surface area contributed by atoms with Crippen LogP contribution in [0.25, 0.3) is 17.0 Å². The molecule has 2 heterocycles. The monoisotopic (exact) mass is 489 g/mol. The van der Waals surface area contributed by atoms with Gasteiger partial charge in [-0.25, -0.2) is 4.79 Å². The fourth-order valence-electron chi connectivity index (χ4n) is 2.73. The van der Waals surface area contributed by atoms with Gasteiger partial charge in [-0.05, 0) is 70.3 Å². The number of carbonyl (C=O) groups excluding carboxylic acids is 2. The topological polar surface area (TPSA) is 67.6 Å². The first-order chi connectivity index (χ1) is 13.0. The molecule has 3 aromatic rings. The Morgan fingerprint density at radius 1 is 1.04 bits per heavy atom. The average molecular weight is 489 g/mol. The number of benzene rings is 2. The molecule has 134 valence electrons. The number of carbonyl (C=O) groups is 2. The van der Waals surface area contributed by atoms with Crippen molar-refractivity contribution in [2.45, 2.75) is 6.54 Å². The van der Waals surface area contributed by atoms with E-state index in [1.807, 2.05) is 36.4 Å². The van der Waals surface area contributed by atoms with Gasteiger partial charge in [0.05, 0.1) is 17.0 Å². The predicted molar refractivity (Wildman–Crippen MR) is 113 cm³/mol. The summed E-state index contributed by atoms with van der Waals surface area (Å²) in [5, 5.41) is 0.399. The van der Waals surface area contributed by atoms with Crippen molar-refractivity contribution < 1.29 is 14.0 Å². The summed E-state index contributed by atoms with van der Waals surface area (Å²) in [7, 11) is 0. The summed E-state index contributed by atoms with van der Waals surface area (Å²) in [6.07, 6.45) is 1.43. The van der Waals surface area contributed by atoms with Crippen LogP contribution in [-0.2, 0) is 11.3 Å². The molecule has 0 radical (unpaired) electrons. The highest BCUT2D eigenvalue weighted by Crippen LogP contribution is 2.33. The zero-order valence-electron chi connectivity index (χ0n) is 13.8. The Labute approximate surface area is 172 Å². The van der Waals surface area contributed by atoms with E-state index in [4.69, 9.17) is 4.42 Å². The third kappa shape index (κ3) is 3.70. The lowest BCUT2D eigenvalue weighted by molar-refractivity contribution is -0.123. The minimum atomic E-state index is -0.543. The molecular formula is C20H12INO4S. The van der Waals surface area contributed by atoms with Gasteiger partial charge in [-0.3, -0.25) is 14.5 Å². The van der Waals surface area contributed by atoms with Crippen molar-refractivity contribution in [3.05, 3.63) is 84.6 Å². The van der Waals surface area contributed by atoms with Crippen molar-refractivity contribution in [1.82, 2.24) is 4.90 Å². The molecule has 0 unspecified atom stereocenters. The lowest BCUT2D eigenvalue weighted by Gasteiger charge is -2.12. The molecule has 1 fully saturated rings. The zero-order valence-corrected chi connectivity index (χ0v) is 16.8. The SMILES string of the molecule is O=C1S/C(=C/c2cc3ccccc3oc2=O)C(=O)N1Cc1ccc(I)cc1. The second-order valence-electron chi connectivity index (χ2n) is 5.92. The lowest BCUT2D eigenvalue weighted by Crippen LogP contribution is -2.27. The van der Waals surface area contributed by atoms with Gasteiger partial charge in [0.25, 0.3) is 11.1 Å². The van der Waals surface area contributed by atoms with Gasteiger partial charge >= 0.3 is 5.63 Å². The molecule has 2 amide bonds. The van der Waals surface area contributed by atoms with E-state index in [9.17, 15) is 14.4 Å². The van der Waals surface area contributed by atoms with E-state index in [2.05, 4.69) is 22.6 Å². The third-order valence-corrected chi connectivity index (χ3v) is 5.71. The van der Waals surface area contributed by atoms with Crippen LogP contribution in [0.3, 0.4) is 0 Å². The summed E-state index contributed by atoms with van der Waals surface area (Å²) in [6.45, 7) is 0.200. The first-order valence-corrected chi connectivity index (χ1v) is 9.93. The van der Waals surface area contributed by atoms with E-state index in [0.717, 1.165) is 26.3 Å². The first-order valence-electron chi connectivity index (χ1n) is 8.04. The van der Waals surface area contributed by atoms with E-state index in [-0.39, 0.29) is 22.3 Å². The van der Waals surface area contributed by atoms with E-state index >= 15 is 0 Å². The van der Waals surface area contributed by atoms with Crippen molar-refractivity contribution in [1.29, 1.82) is 0 Å². The smallest absolute Gasteiger partial charge is 0.343 e. The Kier molecular flexibility index (Phi) is 4.88. The second kappa shape index (κ2) is 7.32. The molecule has 0 saturated carbocycles. The average Bonchev–Trinajstić information content (AvgIpc) is 2.91. The molecule has 1 aliphatic heterocycles. The standard InChI is InChI=1S/C20H12INO4S/c21-15-7-5-12(6-8-15)11-22-18(23)17(27-20(22)25)10-14-9-13-3-1-2-4-16(13)26-19(14)24/h1-10H,11H2/b17-10+. The number of imide groups is 1. The molecule has 7 heteroatoms. The fourth-order valence-corrected chi connectivity index (χ4v) is 3.92. The highest BCUT2D eigenvalue weighted by molar-refractivity contribution is 14.1. The molecule has 1 aliphatic rings. The van der Waals surface area contributed by atoms with E-state index in [1.165, 1.54) is 11.0 Å². The quantitative estimate of drug-likeness (QED) is 0.305. The van der Waals surface area contributed by atoms with Crippen molar-refractivity contribution >= 4 is 62.5 Å². The number of hydrogen-bond donors (Lipinski definition) is 0. The van der Waals surface area contributed by atoms with Crippen LogP contribution in [0.4, 0.5) is 4.79 Å². The second-order valence-corrected chi connectivity index (χ2v) is 8.16. The molecule has 0 aliphatic carbocycles. The van der Waals surface area contributed by atoms with Gasteiger partial charge in [-0.1, -0.05) is 30.3 Å². The number of nitrogens with zero attached hydrogens (tertiary/aromatic N) is 1. The van der Waals surface area contributed by atoms with Gasteiger partial charge < -0.3 is 4.42 Å². The summed E-state index contributed by atoms with van der Waals surface area (Å²) in [5.74, 6) is -0.406. The maximum absolute atomic E-state index is 12.6. The molecule has 27 heavy (non-hydrogen) atoms. The van der Waals surface area contributed by atoms with E-state index in [0.29, 0.717) is 5.58 Å². The molecule has 0 N–H and O–H groups in total. The summed E-state index contributed by atoms with van der Waals surface area (Å²) >= 11 is 3.02. The largest absolute Gasteiger partial charge is 0.422 e. The molecular weight excluding hydrogens is 477 g/mol. The highest BCUT2D eigenvalue weighted by Gasteiger charge is 2.35. The molecule has 1 saturated heterocycles. The Morgan fingerprint density at radius 2 is 1.78 bits per heavy atom. The minimum Gasteiger partial charge on any atom is -0.422 e. The molecule has 0 atom stereocenters. The minimum absolute atomic E-state index is 0.200. The van der Waals surface area contributed by atoms with Crippen LogP contribution in [0.15, 0.2) is 68.7 Å². The van der Waals surface area contributed by atoms with Gasteiger partial charge in [-0.15, -0.1) is 0 Å². The Balaban J connectivity index is 1.64. The van der Waals surface area contributed by atoms with Gasteiger partial charge in [0, 0.05) is 8.96 Å². The van der Waals surface area contributed by atoms with Gasteiger partial charge in [0.2, 0.25) is 0 Å². The Morgan fingerprint density at radius 3 is 2.56 bits per heavy atom. The molecule has 0 spiro atoms. The van der Waals surface area contributed by atoms with E-state index < -0.39 is 11.5 Å². The highest BCUT2D eigenvalue weighted by atomic mass is 127. The van der Waals surface area contributed by atoms with Crippen LogP contribution in [0.2, 0.25) is 0 Å².